The van der Waals surface area contributed by atoms with Crippen LogP contribution in [0.1, 0.15) is 19.4 Å². The molecule has 0 aliphatic carbocycles. The van der Waals surface area contributed by atoms with Gasteiger partial charge in [-0.2, -0.15) is 0 Å². The molecule has 0 saturated heterocycles. The molecule has 1 aromatic carbocycles. The summed E-state index contributed by atoms with van der Waals surface area (Å²) in [6.45, 7) is 3.97. The maximum atomic E-state index is 11.1. The van der Waals surface area contributed by atoms with Crippen molar-refractivity contribution < 1.29 is 14.3 Å². The van der Waals surface area contributed by atoms with Crippen molar-refractivity contribution in [1.29, 1.82) is 0 Å². The molecule has 0 bridgehead atoms. The smallest absolute Gasteiger partial charge is 0.161 e. The van der Waals surface area contributed by atoms with Gasteiger partial charge in [0.05, 0.1) is 19.1 Å². The van der Waals surface area contributed by atoms with Crippen LogP contribution in [0.2, 0.25) is 0 Å². The molecule has 0 fully saturated rings. The highest BCUT2D eigenvalue weighted by molar-refractivity contribution is 6.30. The Morgan fingerprint density at radius 3 is 2.65 bits per heavy atom. The first-order valence-corrected chi connectivity index (χ1v) is 5.96. The van der Waals surface area contributed by atoms with Crippen LogP contribution in [0, 0.1) is 0 Å². The Bertz CT molecular complexity index is 390. The molecule has 94 valence electrons. The van der Waals surface area contributed by atoms with E-state index in [0.717, 1.165) is 5.56 Å². The average Bonchev–Trinajstić information content (AvgIpc) is 2.29. The normalized spacial score (nSPS) is 12.0. The van der Waals surface area contributed by atoms with Gasteiger partial charge in [-0.05, 0) is 38.0 Å². The molecule has 0 heterocycles. The van der Waals surface area contributed by atoms with Crippen molar-refractivity contribution in [2.24, 2.45) is 0 Å². The predicted molar refractivity (Wildman–Crippen MR) is 68.2 cm³/mol. The van der Waals surface area contributed by atoms with E-state index in [1.54, 1.807) is 7.11 Å². The number of carbonyl (C=O) groups is 1. The minimum absolute atomic E-state index is 0.0274. The number of carbonyl (C=O) groups excluding carboxylic acids is 1. The summed E-state index contributed by atoms with van der Waals surface area (Å²) < 4.78 is 10.6. The number of hydrogen-bond acceptors (Lipinski definition) is 3. The van der Waals surface area contributed by atoms with Crippen molar-refractivity contribution in [2.45, 2.75) is 25.6 Å². The number of benzene rings is 1. The molecule has 17 heavy (non-hydrogen) atoms. The van der Waals surface area contributed by atoms with E-state index in [0.29, 0.717) is 24.5 Å². The van der Waals surface area contributed by atoms with Gasteiger partial charge in [0.15, 0.2) is 11.5 Å². The summed E-state index contributed by atoms with van der Waals surface area (Å²) in [6.07, 6.45) is 0.501. The zero-order chi connectivity index (χ0) is 12.8. The molecule has 0 N–H and O–H groups in total. The van der Waals surface area contributed by atoms with Gasteiger partial charge in [0.1, 0.15) is 5.78 Å². The summed E-state index contributed by atoms with van der Waals surface area (Å²) in [7, 11) is 1.59. The van der Waals surface area contributed by atoms with Gasteiger partial charge in [0.25, 0.3) is 0 Å². The number of alkyl halides is 1. The molecule has 0 amide bonds. The molecule has 0 spiro atoms. The van der Waals surface area contributed by atoms with Gasteiger partial charge in [-0.3, -0.25) is 4.79 Å². The molecule has 0 saturated carbocycles. The van der Waals surface area contributed by atoms with Gasteiger partial charge in [-0.25, -0.2) is 0 Å². The number of hydrogen-bond donors (Lipinski definition) is 0. The zero-order valence-electron chi connectivity index (χ0n) is 10.3. The Morgan fingerprint density at radius 2 is 2.12 bits per heavy atom. The van der Waals surface area contributed by atoms with Gasteiger partial charge >= 0.3 is 0 Å². The van der Waals surface area contributed by atoms with Crippen molar-refractivity contribution in [3.8, 4) is 11.5 Å². The van der Waals surface area contributed by atoms with Gasteiger partial charge in [0, 0.05) is 0 Å². The molecule has 4 heteroatoms. The quantitative estimate of drug-likeness (QED) is 0.735. The number of ketones is 1. The highest BCUT2D eigenvalue weighted by Crippen LogP contribution is 2.28. The zero-order valence-corrected chi connectivity index (χ0v) is 11.1. The number of rotatable bonds is 6. The predicted octanol–water partition coefficient (Wildman–Crippen LogP) is 2.83. The molecule has 1 atom stereocenters. The average molecular weight is 257 g/mol. The Hall–Kier alpha value is -1.22. The summed E-state index contributed by atoms with van der Waals surface area (Å²) in [6, 6.07) is 5.57. The third-order valence-electron chi connectivity index (χ3n) is 2.38. The van der Waals surface area contributed by atoms with Gasteiger partial charge in [-0.1, -0.05) is 6.07 Å². The van der Waals surface area contributed by atoms with Crippen LogP contribution in [-0.4, -0.2) is 24.9 Å². The van der Waals surface area contributed by atoms with E-state index < -0.39 is 5.38 Å². The van der Waals surface area contributed by atoms with Crippen molar-refractivity contribution in [1.82, 2.24) is 0 Å². The van der Waals surface area contributed by atoms with Gasteiger partial charge in [-0.15, -0.1) is 11.6 Å². The lowest BCUT2D eigenvalue weighted by molar-refractivity contribution is -0.116. The summed E-state index contributed by atoms with van der Waals surface area (Å²) in [5.41, 5.74) is 0.962. The minimum atomic E-state index is -0.488. The fourth-order valence-corrected chi connectivity index (χ4v) is 1.65. The Balaban J connectivity index is 2.87. The highest BCUT2D eigenvalue weighted by Gasteiger charge is 2.13. The summed E-state index contributed by atoms with van der Waals surface area (Å²) >= 11 is 5.93. The first-order chi connectivity index (χ1) is 8.08. The Kier molecular flexibility index (Phi) is 5.29. The molecule has 3 nitrogen and oxygen atoms in total. The van der Waals surface area contributed by atoms with Crippen LogP contribution in [0.25, 0.3) is 0 Å². The number of ether oxygens (including phenoxy) is 2. The maximum absolute atomic E-state index is 11.1. The monoisotopic (exact) mass is 256 g/mol. The highest BCUT2D eigenvalue weighted by atomic mass is 35.5. The third kappa shape index (κ3) is 3.93. The second kappa shape index (κ2) is 6.50. The standard InChI is InChI=1S/C13H17ClO3/c1-4-17-13-8-10(5-6-12(13)16-3)7-11(14)9(2)15/h5-6,8,11H,4,7H2,1-3H3. The van der Waals surface area contributed by atoms with Crippen molar-refractivity contribution in [2.75, 3.05) is 13.7 Å². The van der Waals surface area contributed by atoms with Crippen LogP contribution >= 0.6 is 11.6 Å². The molecule has 0 aliphatic rings. The van der Waals surface area contributed by atoms with E-state index in [2.05, 4.69) is 0 Å². The lowest BCUT2D eigenvalue weighted by atomic mass is 10.1. The molecule has 1 rings (SSSR count). The first-order valence-electron chi connectivity index (χ1n) is 5.52. The van der Waals surface area contributed by atoms with E-state index >= 15 is 0 Å². The Morgan fingerprint density at radius 1 is 1.41 bits per heavy atom. The maximum Gasteiger partial charge on any atom is 0.161 e. The van der Waals surface area contributed by atoms with E-state index in [-0.39, 0.29) is 5.78 Å². The molecule has 1 aromatic rings. The van der Waals surface area contributed by atoms with Crippen LogP contribution in [0.5, 0.6) is 11.5 Å². The molecule has 0 aliphatic heterocycles. The van der Waals surface area contributed by atoms with E-state index in [9.17, 15) is 4.79 Å². The van der Waals surface area contributed by atoms with E-state index in [4.69, 9.17) is 21.1 Å². The third-order valence-corrected chi connectivity index (χ3v) is 2.85. The van der Waals surface area contributed by atoms with E-state index in [1.807, 2.05) is 25.1 Å². The lowest BCUT2D eigenvalue weighted by Crippen LogP contribution is -2.13. The molecule has 0 aromatic heterocycles. The number of methoxy groups -OCH3 is 1. The van der Waals surface area contributed by atoms with Crippen LogP contribution in [-0.2, 0) is 11.2 Å². The molecule has 0 radical (unpaired) electrons. The van der Waals surface area contributed by atoms with E-state index in [1.165, 1.54) is 6.92 Å². The lowest BCUT2D eigenvalue weighted by Gasteiger charge is -2.12. The molecular weight excluding hydrogens is 240 g/mol. The second-order valence-corrected chi connectivity index (χ2v) is 4.23. The summed E-state index contributed by atoms with van der Waals surface area (Å²) in [4.78, 5) is 11.1. The van der Waals surface area contributed by atoms with Crippen molar-refractivity contribution >= 4 is 17.4 Å². The van der Waals surface area contributed by atoms with Crippen LogP contribution in [0.3, 0.4) is 0 Å². The topological polar surface area (TPSA) is 35.5 Å². The Labute approximate surface area is 107 Å². The fourth-order valence-electron chi connectivity index (χ4n) is 1.47. The van der Waals surface area contributed by atoms with Crippen LogP contribution in [0.15, 0.2) is 18.2 Å². The fraction of sp³-hybridized carbons (Fsp3) is 0.462. The second-order valence-electron chi connectivity index (χ2n) is 3.70. The van der Waals surface area contributed by atoms with Crippen molar-refractivity contribution in [3.05, 3.63) is 23.8 Å². The SMILES string of the molecule is CCOc1cc(CC(Cl)C(C)=O)ccc1OC. The molecular formula is C13H17ClO3. The first kappa shape index (κ1) is 13.8. The van der Waals surface area contributed by atoms with Crippen LogP contribution in [0.4, 0.5) is 0 Å². The largest absolute Gasteiger partial charge is 0.493 e. The van der Waals surface area contributed by atoms with Gasteiger partial charge in [0.2, 0.25) is 0 Å². The van der Waals surface area contributed by atoms with Crippen molar-refractivity contribution in [3.63, 3.8) is 0 Å². The number of Topliss-reactive ketones (excluding diaryl/α,β-unsaturated/α-hetero) is 1. The minimum Gasteiger partial charge on any atom is -0.493 e. The number of halogens is 1. The molecule has 1 unspecified atom stereocenters. The summed E-state index contributed by atoms with van der Waals surface area (Å²) in [5, 5.41) is -0.488. The van der Waals surface area contributed by atoms with Gasteiger partial charge < -0.3 is 9.47 Å². The summed E-state index contributed by atoms with van der Waals surface area (Å²) in [5.74, 6) is 1.34. The van der Waals surface area contributed by atoms with Crippen LogP contribution < -0.4 is 9.47 Å².